The minimum absolute atomic E-state index is 0.0208. The molecule has 144 valence electrons. The summed E-state index contributed by atoms with van der Waals surface area (Å²) >= 11 is 0. The molecule has 1 atom stereocenters. The Morgan fingerprint density at radius 1 is 1.37 bits per heavy atom. The molecular formula is C18H20N2O7. The Balaban J connectivity index is 1.97. The fraction of sp³-hybridized carbons (Fsp3) is 0.444. The summed E-state index contributed by atoms with van der Waals surface area (Å²) in [5.41, 5.74) is 0.179. The van der Waals surface area contributed by atoms with Crippen molar-refractivity contribution in [2.45, 2.75) is 32.5 Å². The lowest BCUT2D eigenvalue weighted by Gasteiger charge is -2.13. The van der Waals surface area contributed by atoms with Crippen LogP contribution in [0.5, 0.6) is 5.75 Å². The third-order valence-corrected chi connectivity index (χ3v) is 4.15. The van der Waals surface area contributed by atoms with E-state index < -0.39 is 18.0 Å². The highest BCUT2D eigenvalue weighted by molar-refractivity contribution is 5.88. The van der Waals surface area contributed by atoms with Gasteiger partial charge in [-0.3, -0.25) is 0 Å². The van der Waals surface area contributed by atoms with Crippen LogP contribution in [0.3, 0.4) is 0 Å². The second-order valence-electron chi connectivity index (χ2n) is 5.89. The minimum atomic E-state index is -0.840. The van der Waals surface area contributed by atoms with Crippen LogP contribution in [-0.4, -0.2) is 43.4 Å². The smallest absolute Gasteiger partial charge is 0.407 e. The van der Waals surface area contributed by atoms with Crippen LogP contribution in [0.25, 0.3) is 11.0 Å². The average Bonchev–Trinajstić information content (AvgIpc) is 3.21. The van der Waals surface area contributed by atoms with Gasteiger partial charge in [0.05, 0.1) is 19.8 Å². The second-order valence-corrected chi connectivity index (χ2v) is 5.89. The zero-order valence-electron chi connectivity index (χ0n) is 15.1. The van der Waals surface area contributed by atoms with E-state index in [2.05, 4.69) is 4.98 Å². The van der Waals surface area contributed by atoms with Crippen LogP contribution in [-0.2, 0) is 25.6 Å². The molecule has 0 N–H and O–H groups in total. The molecule has 0 saturated carbocycles. The number of hydrogen-bond acceptors (Lipinski definition) is 8. The summed E-state index contributed by atoms with van der Waals surface area (Å²) in [4.78, 5) is 28.7. The molecule has 9 nitrogen and oxygen atoms in total. The minimum Gasteiger partial charge on any atom is -0.618 e. The van der Waals surface area contributed by atoms with Gasteiger partial charge in [-0.25, -0.2) is 14.6 Å². The van der Waals surface area contributed by atoms with Crippen LogP contribution in [0.2, 0.25) is 0 Å². The molecule has 0 amide bonds. The molecule has 0 spiro atoms. The lowest BCUT2D eigenvalue weighted by atomic mass is 10.2. The van der Waals surface area contributed by atoms with Crippen LogP contribution >= 0.6 is 0 Å². The Kier molecular flexibility index (Phi) is 5.70. The first-order chi connectivity index (χ1) is 13.0. The van der Waals surface area contributed by atoms with E-state index in [1.54, 1.807) is 19.1 Å². The number of benzene rings is 1. The van der Waals surface area contributed by atoms with Gasteiger partial charge in [0.25, 0.3) is 0 Å². The quantitative estimate of drug-likeness (QED) is 0.421. The summed E-state index contributed by atoms with van der Waals surface area (Å²) in [6.07, 6.45) is 0.737. The Hall–Kier alpha value is -2.94. The molecule has 1 aromatic carbocycles. The van der Waals surface area contributed by atoms with E-state index in [4.69, 9.17) is 18.9 Å². The number of hydrogen-bond donors (Lipinski definition) is 0. The molecule has 9 heteroatoms. The molecule has 3 rings (SSSR count). The molecule has 1 fully saturated rings. The Labute approximate surface area is 155 Å². The van der Waals surface area contributed by atoms with E-state index in [0.717, 1.165) is 6.42 Å². The second kappa shape index (κ2) is 8.17. The standard InChI is InChI=1S/C18H20N2O7/c1-3-25-18(22)16-13(10-27-17(21)15-5-4-8-26-15)19-12-7-6-11(24-2)9-14(12)20(16)23/h6-7,9,15H,3-5,8,10H2,1-2H3/t15-/m1/s1. The highest BCUT2D eigenvalue weighted by Gasteiger charge is 2.30. The maximum atomic E-state index is 12.8. The Bertz CT molecular complexity index is 862. The van der Waals surface area contributed by atoms with E-state index in [-0.39, 0.29) is 30.1 Å². The third kappa shape index (κ3) is 3.92. The summed E-state index contributed by atoms with van der Waals surface area (Å²) in [7, 11) is 1.47. The topological polar surface area (TPSA) is 111 Å². The van der Waals surface area contributed by atoms with E-state index in [1.807, 2.05) is 0 Å². The van der Waals surface area contributed by atoms with Crippen molar-refractivity contribution >= 4 is 23.0 Å². The number of carbonyl (C=O) groups excluding carboxylic acids is 2. The SMILES string of the molecule is CCOC(=O)c1c(COC(=O)[C@H]2CCCO2)nc2ccc(OC)cc2[n+]1[O-]. The van der Waals surface area contributed by atoms with Gasteiger partial charge in [0, 0.05) is 6.61 Å². The summed E-state index contributed by atoms with van der Waals surface area (Å²) in [5.74, 6) is -0.939. The van der Waals surface area contributed by atoms with Crippen molar-refractivity contribution in [2.24, 2.45) is 0 Å². The molecule has 2 heterocycles. The van der Waals surface area contributed by atoms with E-state index >= 15 is 0 Å². The molecule has 1 saturated heterocycles. The first-order valence-electron chi connectivity index (χ1n) is 8.60. The van der Waals surface area contributed by atoms with Gasteiger partial charge in [-0.05, 0) is 31.9 Å². The van der Waals surface area contributed by atoms with E-state index in [1.165, 1.54) is 13.2 Å². The summed E-state index contributed by atoms with van der Waals surface area (Å²) < 4.78 is 21.0. The van der Waals surface area contributed by atoms with Gasteiger partial charge < -0.3 is 24.2 Å². The fourth-order valence-corrected chi connectivity index (χ4v) is 2.82. The van der Waals surface area contributed by atoms with Gasteiger partial charge in [-0.1, -0.05) is 0 Å². The van der Waals surface area contributed by atoms with Crippen molar-refractivity contribution in [1.82, 2.24) is 4.98 Å². The number of rotatable bonds is 6. The van der Waals surface area contributed by atoms with Gasteiger partial charge in [-0.15, -0.1) is 0 Å². The lowest BCUT2D eigenvalue weighted by molar-refractivity contribution is -0.581. The van der Waals surface area contributed by atoms with Crippen molar-refractivity contribution in [3.05, 3.63) is 34.8 Å². The van der Waals surface area contributed by atoms with Crippen molar-refractivity contribution in [3.63, 3.8) is 0 Å². The molecule has 0 unspecified atom stereocenters. The third-order valence-electron chi connectivity index (χ3n) is 4.15. The molecule has 1 aliphatic heterocycles. The maximum Gasteiger partial charge on any atom is 0.407 e. The molecule has 2 aromatic rings. The molecule has 1 aliphatic rings. The number of aromatic nitrogens is 2. The molecule has 0 aliphatic carbocycles. The zero-order chi connectivity index (χ0) is 19.4. The van der Waals surface area contributed by atoms with Crippen molar-refractivity contribution < 1.29 is 33.3 Å². The first kappa shape index (κ1) is 18.8. The van der Waals surface area contributed by atoms with Crippen LogP contribution < -0.4 is 9.47 Å². The largest absolute Gasteiger partial charge is 0.618 e. The van der Waals surface area contributed by atoms with Crippen molar-refractivity contribution in [3.8, 4) is 5.75 Å². The predicted octanol–water partition coefficient (Wildman–Crippen LogP) is 1.28. The van der Waals surface area contributed by atoms with Gasteiger partial charge >= 0.3 is 17.6 Å². The van der Waals surface area contributed by atoms with E-state index in [9.17, 15) is 14.8 Å². The number of methoxy groups -OCH3 is 1. The van der Waals surface area contributed by atoms with Crippen LogP contribution in [0, 0.1) is 5.21 Å². The van der Waals surface area contributed by atoms with Crippen LogP contribution in [0.15, 0.2) is 18.2 Å². The molecule has 27 heavy (non-hydrogen) atoms. The van der Waals surface area contributed by atoms with Gasteiger partial charge in [0.2, 0.25) is 5.52 Å². The number of fused-ring (bicyclic) bond motifs is 1. The van der Waals surface area contributed by atoms with Gasteiger partial charge in [-0.2, -0.15) is 4.73 Å². The number of ether oxygens (including phenoxy) is 4. The highest BCUT2D eigenvalue weighted by atomic mass is 16.6. The Morgan fingerprint density at radius 2 is 2.19 bits per heavy atom. The van der Waals surface area contributed by atoms with E-state index in [0.29, 0.717) is 29.0 Å². The molecular weight excluding hydrogens is 356 g/mol. The number of esters is 2. The maximum absolute atomic E-state index is 12.8. The molecule has 0 bridgehead atoms. The molecule has 1 aromatic heterocycles. The summed E-state index contributed by atoms with van der Waals surface area (Å²) in [6.45, 7) is 1.88. The van der Waals surface area contributed by atoms with Gasteiger partial charge in [0.15, 0.2) is 11.8 Å². The lowest BCUT2D eigenvalue weighted by Crippen LogP contribution is -2.39. The number of nitrogens with zero attached hydrogens (tertiary/aromatic N) is 2. The fourth-order valence-electron chi connectivity index (χ4n) is 2.82. The summed E-state index contributed by atoms with van der Waals surface area (Å²) in [6, 6.07) is 4.70. The average molecular weight is 376 g/mol. The van der Waals surface area contributed by atoms with Crippen LogP contribution in [0.1, 0.15) is 35.9 Å². The summed E-state index contributed by atoms with van der Waals surface area (Å²) in [5, 5.41) is 12.8. The van der Waals surface area contributed by atoms with Crippen molar-refractivity contribution in [1.29, 1.82) is 0 Å². The number of carbonyl (C=O) groups is 2. The normalized spacial score (nSPS) is 16.3. The van der Waals surface area contributed by atoms with Gasteiger partial charge in [0.1, 0.15) is 17.9 Å². The highest BCUT2D eigenvalue weighted by Crippen LogP contribution is 2.20. The zero-order valence-corrected chi connectivity index (χ0v) is 15.1. The monoisotopic (exact) mass is 376 g/mol. The predicted molar refractivity (Wildman–Crippen MR) is 92.0 cm³/mol. The Morgan fingerprint density at radius 3 is 2.85 bits per heavy atom. The molecule has 0 radical (unpaired) electrons. The first-order valence-corrected chi connectivity index (χ1v) is 8.60. The van der Waals surface area contributed by atoms with Crippen molar-refractivity contribution in [2.75, 3.05) is 20.3 Å². The van der Waals surface area contributed by atoms with Crippen LogP contribution in [0.4, 0.5) is 0 Å².